The quantitative estimate of drug-likeness (QED) is 0.506. The summed E-state index contributed by atoms with van der Waals surface area (Å²) in [7, 11) is 0. The van der Waals surface area contributed by atoms with E-state index in [1.807, 2.05) is 6.92 Å². The molecule has 0 aliphatic rings. The molecule has 0 atom stereocenters. The van der Waals surface area contributed by atoms with Gasteiger partial charge in [-0.2, -0.15) is 0 Å². The Morgan fingerprint density at radius 3 is 2.28 bits per heavy atom. The van der Waals surface area contributed by atoms with Crippen molar-refractivity contribution >= 4 is 11.7 Å². The maximum atomic E-state index is 11.2. The van der Waals surface area contributed by atoms with Crippen LogP contribution in [0, 0.1) is 0 Å². The van der Waals surface area contributed by atoms with E-state index in [0.29, 0.717) is 33.0 Å². The lowest BCUT2D eigenvalue weighted by Gasteiger charge is -2.07. The predicted molar refractivity (Wildman–Crippen MR) is 66.4 cm³/mol. The second kappa shape index (κ2) is 12.5. The SMILES string of the molecule is CCCOCC(=O)NCCOCCOCC(C)=O. The zero-order chi connectivity index (χ0) is 13.6. The second-order valence-corrected chi connectivity index (χ2v) is 3.77. The van der Waals surface area contributed by atoms with Gasteiger partial charge in [0.1, 0.15) is 13.2 Å². The summed E-state index contributed by atoms with van der Waals surface area (Å²) >= 11 is 0. The van der Waals surface area contributed by atoms with Gasteiger partial charge in [-0.05, 0) is 13.3 Å². The zero-order valence-corrected chi connectivity index (χ0v) is 11.2. The molecule has 0 aliphatic heterocycles. The van der Waals surface area contributed by atoms with Crippen molar-refractivity contribution in [2.24, 2.45) is 0 Å². The summed E-state index contributed by atoms with van der Waals surface area (Å²) in [6.07, 6.45) is 0.899. The van der Waals surface area contributed by atoms with Crippen LogP contribution in [0.1, 0.15) is 20.3 Å². The molecule has 0 rings (SSSR count). The van der Waals surface area contributed by atoms with E-state index in [2.05, 4.69) is 5.32 Å². The Morgan fingerprint density at radius 1 is 0.944 bits per heavy atom. The van der Waals surface area contributed by atoms with Crippen LogP contribution in [0.4, 0.5) is 0 Å². The number of amides is 1. The normalized spacial score (nSPS) is 10.3. The Bertz CT molecular complexity index is 233. The number of Topliss-reactive ketones (excluding diaryl/α,β-unsaturated/α-hetero) is 1. The van der Waals surface area contributed by atoms with Crippen molar-refractivity contribution in [1.29, 1.82) is 0 Å². The molecule has 106 valence electrons. The number of hydrogen-bond acceptors (Lipinski definition) is 5. The summed E-state index contributed by atoms with van der Waals surface area (Å²) in [5.74, 6) is -0.144. The molecule has 0 saturated heterocycles. The molecule has 0 unspecified atom stereocenters. The number of rotatable bonds is 12. The number of carbonyl (C=O) groups excluding carboxylic acids is 2. The first-order valence-corrected chi connectivity index (χ1v) is 6.16. The minimum atomic E-state index is -0.139. The van der Waals surface area contributed by atoms with Crippen molar-refractivity contribution in [3.8, 4) is 0 Å². The lowest BCUT2D eigenvalue weighted by Crippen LogP contribution is -2.31. The van der Waals surface area contributed by atoms with E-state index >= 15 is 0 Å². The van der Waals surface area contributed by atoms with Crippen LogP contribution >= 0.6 is 0 Å². The molecule has 0 aromatic rings. The molecule has 1 amide bonds. The van der Waals surface area contributed by atoms with Crippen LogP contribution in [0.25, 0.3) is 0 Å². The standard InChI is InChI=1S/C12H23NO5/c1-3-5-17-10-12(15)13-4-6-16-7-8-18-9-11(2)14/h3-10H2,1-2H3,(H,13,15). The Kier molecular flexibility index (Phi) is 11.8. The van der Waals surface area contributed by atoms with Gasteiger partial charge in [-0.1, -0.05) is 6.92 Å². The van der Waals surface area contributed by atoms with Crippen LogP contribution in [-0.2, 0) is 23.8 Å². The van der Waals surface area contributed by atoms with Crippen molar-refractivity contribution in [2.45, 2.75) is 20.3 Å². The molecule has 1 N–H and O–H groups in total. The molecule has 18 heavy (non-hydrogen) atoms. The van der Waals surface area contributed by atoms with Gasteiger partial charge in [0.2, 0.25) is 5.91 Å². The zero-order valence-electron chi connectivity index (χ0n) is 11.2. The van der Waals surface area contributed by atoms with Crippen molar-refractivity contribution < 1.29 is 23.8 Å². The third-order valence-corrected chi connectivity index (χ3v) is 1.83. The van der Waals surface area contributed by atoms with Crippen LogP contribution < -0.4 is 5.32 Å². The third-order valence-electron chi connectivity index (χ3n) is 1.83. The summed E-state index contributed by atoms with van der Waals surface area (Å²) in [6.45, 7) is 5.92. The number of carbonyl (C=O) groups is 2. The van der Waals surface area contributed by atoms with E-state index in [9.17, 15) is 9.59 Å². The fraction of sp³-hybridized carbons (Fsp3) is 0.833. The first-order valence-electron chi connectivity index (χ1n) is 6.16. The van der Waals surface area contributed by atoms with E-state index in [-0.39, 0.29) is 24.9 Å². The third kappa shape index (κ3) is 13.1. The lowest BCUT2D eigenvalue weighted by atomic mass is 10.5. The van der Waals surface area contributed by atoms with Gasteiger partial charge in [0, 0.05) is 13.2 Å². The topological polar surface area (TPSA) is 73.9 Å². The van der Waals surface area contributed by atoms with E-state index in [1.165, 1.54) is 6.92 Å². The van der Waals surface area contributed by atoms with Crippen molar-refractivity contribution in [2.75, 3.05) is 46.2 Å². The summed E-state index contributed by atoms with van der Waals surface area (Å²) < 4.78 is 15.3. The lowest BCUT2D eigenvalue weighted by molar-refractivity contribution is -0.126. The molecule has 0 radical (unpaired) electrons. The largest absolute Gasteiger partial charge is 0.377 e. The van der Waals surface area contributed by atoms with Crippen LogP contribution in [0.15, 0.2) is 0 Å². The molecule has 6 heteroatoms. The fourth-order valence-corrected chi connectivity index (χ4v) is 1.06. The van der Waals surface area contributed by atoms with Gasteiger partial charge in [0.05, 0.1) is 19.8 Å². The predicted octanol–water partition coefficient (Wildman–Crippen LogP) is 0.151. The fourth-order valence-electron chi connectivity index (χ4n) is 1.06. The maximum absolute atomic E-state index is 11.2. The van der Waals surface area contributed by atoms with Gasteiger partial charge >= 0.3 is 0 Å². The molecule has 0 aliphatic carbocycles. The smallest absolute Gasteiger partial charge is 0.246 e. The average Bonchev–Trinajstić information content (AvgIpc) is 2.32. The summed E-state index contributed by atoms with van der Waals surface area (Å²) in [5.41, 5.74) is 0. The first kappa shape index (κ1) is 17.0. The molecule has 0 heterocycles. The highest BCUT2D eigenvalue weighted by atomic mass is 16.5. The Hall–Kier alpha value is -0.980. The summed E-state index contributed by atoms with van der Waals surface area (Å²) in [4.78, 5) is 21.7. The highest BCUT2D eigenvalue weighted by Gasteiger charge is 1.99. The van der Waals surface area contributed by atoms with Crippen molar-refractivity contribution in [3.63, 3.8) is 0 Å². The summed E-state index contributed by atoms with van der Waals surface area (Å²) in [6, 6.07) is 0. The second-order valence-electron chi connectivity index (χ2n) is 3.77. The molecule has 0 spiro atoms. The minimum absolute atomic E-state index is 0.00524. The van der Waals surface area contributed by atoms with Crippen LogP contribution in [-0.4, -0.2) is 57.9 Å². The number of nitrogens with one attached hydrogen (secondary N) is 1. The van der Waals surface area contributed by atoms with E-state index in [1.54, 1.807) is 0 Å². The van der Waals surface area contributed by atoms with Crippen LogP contribution in [0.2, 0.25) is 0 Å². The van der Waals surface area contributed by atoms with E-state index in [4.69, 9.17) is 14.2 Å². The molecule has 0 bridgehead atoms. The average molecular weight is 261 g/mol. The van der Waals surface area contributed by atoms with E-state index in [0.717, 1.165) is 6.42 Å². The van der Waals surface area contributed by atoms with Gasteiger partial charge in [-0.15, -0.1) is 0 Å². The minimum Gasteiger partial charge on any atom is -0.377 e. The molecule has 0 aromatic heterocycles. The van der Waals surface area contributed by atoms with Crippen LogP contribution in [0.3, 0.4) is 0 Å². The number of ketones is 1. The molecule has 0 aromatic carbocycles. The highest BCUT2D eigenvalue weighted by molar-refractivity contribution is 5.77. The van der Waals surface area contributed by atoms with Gasteiger partial charge in [-0.25, -0.2) is 0 Å². The Balaban J connectivity index is 3.15. The van der Waals surface area contributed by atoms with Gasteiger partial charge in [0.15, 0.2) is 5.78 Å². The van der Waals surface area contributed by atoms with Gasteiger partial charge in [0.25, 0.3) is 0 Å². The monoisotopic (exact) mass is 261 g/mol. The molecule has 0 fully saturated rings. The van der Waals surface area contributed by atoms with E-state index < -0.39 is 0 Å². The number of ether oxygens (including phenoxy) is 3. The maximum Gasteiger partial charge on any atom is 0.246 e. The van der Waals surface area contributed by atoms with Gasteiger partial charge < -0.3 is 19.5 Å². The first-order chi connectivity index (χ1) is 8.66. The van der Waals surface area contributed by atoms with Gasteiger partial charge in [-0.3, -0.25) is 9.59 Å². The number of hydrogen-bond donors (Lipinski definition) is 1. The Labute approximate surface area is 108 Å². The van der Waals surface area contributed by atoms with Crippen LogP contribution in [0.5, 0.6) is 0 Å². The molecule has 0 saturated carbocycles. The molecular formula is C12H23NO5. The Morgan fingerprint density at radius 2 is 1.61 bits per heavy atom. The van der Waals surface area contributed by atoms with Crippen molar-refractivity contribution in [3.05, 3.63) is 0 Å². The molecule has 6 nitrogen and oxygen atoms in total. The molecular weight excluding hydrogens is 238 g/mol. The summed E-state index contributed by atoms with van der Waals surface area (Å²) in [5, 5.41) is 2.67. The van der Waals surface area contributed by atoms with Crippen molar-refractivity contribution in [1.82, 2.24) is 5.32 Å². The highest BCUT2D eigenvalue weighted by Crippen LogP contribution is 1.81.